The fourth-order valence-corrected chi connectivity index (χ4v) is 5.41. The van der Waals surface area contributed by atoms with Crippen molar-refractivity contribution in [1.29, 1.82) is 0 Å². The van der Waals surface area contributed by atoms with Crippen molar-refractivity contribution in [2.45, 2.75) is 44.5 Å². The average molecular weight is 499 g/mol. The Morgan fingerprint density at radius 3 is 2.65 bits per heavy atom. The van der Waals surface area contributed by atoms with E-state index in [0.717, 1.165) is 60.3 Å². The predicted octanol–water partition coefficient (Wildman–Crippen LogP) is 4.02. The number of nitrogens with one attached hydrogen (secondary N) is 1. The van der Waals surface area contributed by atoms with E-state index in [9.17, 15) is 4.79 Å². The van der Waals surface area contributed by atoms with Crippen molar-refractivity contribution in [3.63, 3.8) is 0 Å². The standard InChI is InChI=1S/C28H30N6O3/c1-18(36-2)28(35)33-16-22-6-7-23(17-33)34(22)15-21-5-3-19-13-24(8-9-25(19)31-21)37-27-10-4-20(14-29-27)26-11-12-30-32-26/h3-5,8-14,18,22-23H,6-7,15-17H2,1-2H3,(H,30,32)/t18-,22?,23?/m0/s1. The van der Waals surface area contributed by atoms with Crippen molar-refractivity contribution in [1.82, 2.24) is 30.0 Å². The third kappa shape index (κ3) is 4.80. The van der Waals surface area contributed by atoms with Gasteiger partial charge in [0.15, 0.2) is 0 Å². The number of aromatic amines is 1. The van der Waals surface area contributed by atoms with Gasteiger partial charge in [-0.1, -0.05) is 6.07 Å². The lowest BCUT2D eigenvalue weighted by atomic mass is 10.1. The minimum atomic E-state index is -0.390. The van der Waals surface area contributed by atoms with E-state index in [4.69, 9.17) is 14.5 Å². The number of amides is 1. The lowest BCUT2D eigenvalue weighted by Gasteiger charge is -2.41. The quantitative estimate of drug-likeness (QED) is 0.411. The number of carbonyl (C=O) groups is 1. The van der Waals surface area contributed by atoms with Gasteiger partial charge in [-0.3, -0.25) is 19.8 Å². The van der Waals surface area contributed by atoms with Gasteiger partial charge in [-0.15, -0.1) is 0 Å². The highest BCUT2D eigenvalue weighted by Gasteiger charge is 2.42. The number of piperazine rings is 1. The Morgan fingerprint density at radius 2 is 1.95 bits per heavy atom. The maximum atomic E-state index is 12.6. The summed E-state index contributed by atoms with van der Waals surface area (Å²) < 4.78 is 11.2. The lowest BCUT2D eigenvalue weighted by molar-refractivity contribution is -0.144. The van der Waals surface area contributed by atoms with Crippen molar-refractivity contribution in [3.8, 4) is 22.9 Å². The van der Waals surface area contributed by atoms with E-state index >= 15 is 0 Å². The van der Waals surface area contributed by atoms with Gasteiger partial charge in [0.2, 0.25) is 5.88 Å². The smallest absolute Gasteiger partial charge is 0.251 e. The molecule has 2 bridgehead atoms. The Labute approximate surface area is 215 Å². The van der Waals surface area contributed by atoms with Crippen LogP contribution in [0, 0.1) is 0 Å². The van der Waals surface area contributed by atoms with Crippen LogP contribution in [-0.2, 0) is 16.1 Å². The van der Waals surface area contributed by atoms with E-state index in [1.54, 1.807) is 19.5 Å². The van der Waals surface area contributed by atoms with Gasteiger partial charge in [0.05, 0.1) is 16.9 Å². The number of pyridine rings is 2. The SMILES string of the molecule is CO[C@@H](C)C(=O)N1CC2CCC(C1)N2Cc1ccc2cc(Oc3ccc(-c4ccn[nH]4)cn3)ccc2n1. The van der Waals surface area contributed by atoms with Crippen LogP contribution in [0.3, 0.4) is 0 Å². The first-order valence-electron chi connectivity index (χ1n) is 12.7. The lowest BCUT2D eigenvalue weighted by Crippen LogP contribution is -2.56. The number of fused-ring (bicyclic) bond motifs is 3. The van der Waals surface area contributed by atoms with Crippen LogP contribution in [0.2, 0.25) is 0 Å². The molecule has 9 nitrogen and oxygen atoms in total. The summed E-state index contributed by atoms with van der Waals surface area (Å²) in [5.41, 5.74) is 3.84. The first-order chi connectivity index (χ1) is 18.1. The number of aromatic nitrogens is 4. The number of likely N-dealkylation sites (tertiary alicyclic amines) is 1. The first-order valence-corrected chi connectivity index (χ1v) is 12.7. The number of nitrogens with zero attached hydrogens (tertiary/aromatic N) is 5. The van der Waals surface area contributed by atoms with Gasteiger partial charge in [0.25, 0.3) is 5.91 Å². The van der Waals surface area contributed by atoms with E-state index in [1.165, 1.54) is 0 Å². The van der Waals surface area contributed by atoms with Crippen LogP contribution in [0.15, 0.2) is 60.9 Å². The van der Waals surface area contributed by atoms with Gasteiger partial charge in [-0.25, -0.2) is 4.98 Å². The highest BCUT2D eigenvalue weighted by molar-refractivity contribution is 5.81. The van der Waals surface area contributed by atoms with Crippen LogP contribution in [0.25, 0.3) is 22.2 Å². The number of methoxy groups -OCH3 is 1. The number of carbonyl (C=O) groups excluding carboxylic acids is 1. The molecule has 2 saturated heterocycles. The fourth-order valence-electron chi connectivity index (χ4n) is 5.41. The summed E-state index contributed by atoms with van der Waals surface area (Å²) in [6.45, 7) is 4.13. The van der Waals surface area contributed by atoms with Crippen LogP contribution in [0.4, 0.5) is 0 Å². The van der Waals surface area contributed by atoms with E-state index < -0.39 is 0 Å². The Hall–Kier alpha value is -3.82. The van der Waals surface area contributed by atoms with Gasteiger partial charge in [0, 0.05) is 68.2 Å². The number of hydrogen-bond donors (Lipinski definition) is 1. The maximum absolute atomic E-state index is 12.6. The highest BCUT2D eigenvalue weighted by atomic mass is 16.5. The van der Waals surface area contributed by atoms with Crippen LogP contribution in [-0.4, -0.2) is 74.3 Å². The Bertz CT molecular complexity index is 1380. The van der Waals surface area contributed by atoms with Crippen LogP contribution in [0.1, 0.15) is 25.5 Å². The number of H-pyrrole nitrogens is 1. The zero-order valence-electron chi connectivity index (χ0n) is 21.0. The molecule has 1 N–H and O–H groups in total. The predicted molar refractivity (Wildman–Crippen MR) is 139 cm³/mol. The first kappa shape index (κ1) is 23.6. The molecule has 1 amide bonds. The molecule has 9 heteroatoms. The topological polar surface area (TPSA) is 96.5 Å². The molecule has 2 aliphatic heterocycles. The third-order valence-corrected chi connectivity index (χ3v) is 7.48. The summed E-state index contributed by atoms with van der Waals surface area (Å²) in [5, 5.41) is 7.92. The van der Waals surface area contributed by atoms with Crippen molar-refractivity contribution >= 4 is 16.8 Å². The molecule has 0 spiro atoms. The molecule has 0 radical (unpaired) electrons. The second-order valence-electron chi connectivity index (χ2n) is 9.79. The maximum Gasteiger partial charge on any atom is 0.251 e. The van der Waals surface area contributed by atoms with Gasteiger partial charge in [-0.05, 0) is 56.2 Å². The molecule has 0 aliphatic carbocycles. The number of hydrogen-bond acceptors (Lipinski definition) is 7. The molecule has 2 fully saturated rings. The summed E-state index contributed by atoms with van der Waals surface area (Å²) in [6, 6.07) is 16.5. The van der Waals surface area contributed by atoms with E-state index in [-0.39, 0.29) is 12.0 Å². The largest absolute Gasteiger partial charge is 0.439 e. The normalized spacial score (nSPS) is 20.3. The second-order valence-corrected chi connectivity index (χ2v) is 9.79. The number of rotatable bonds is 7. The Kier molecular flexibility index (Phi) is 6.31. The minimum Gasteiger partial charge on any atom is -0.439 e. The van der Waals surface area contributed by atoms with Crippen molar-refractivity contribution in [2.75, 3.05) is 20.2 Å². The second kappa shape index (κ2) is 9.91. The van der Waals surface area contributed by atoms with Crippen LogP contribution in [0.5, 0.6) is 11.6 Å². The van der Waals surface area contributed by atoms with Crippen molar-refractivity contribution in [2.24, 2.45) is 0 Å². The average Bonchev–Trinajstić information content (AvgIpc) is 3.54. The molecule has 190 valence electrons. The van der Waals surface area contributed by atoms with E-state index in [0.29, 0.717) is 23.7 Å². The third-order valence-electron chi connectivity index (χ3n) is 7.48. The highest BCUT2D eigenvalue weighted by Crippen LogP contribution is 2.32. The van der Waals surface area contributed by atoms with Crippen molar-refractivity contribution < 1.29 is 14.3 Å². The zero-order valence-corrected chi connectivity index (χ0v) is 21.0. The van der Waals surface area contributed by atoms with E-state index in [1.807, 2.05) is 48.2 Å². The summed E-state index contributed by atoms with van der Waals surface area (Å²) >= 11 is 0. The molecule has 37 heavy (non-hydrogen) atoms. The molecule has 4 aromatic rings. The van der Waals surface area contributed by atoms with Crippen LogP contribution >= 0.6 is 0 Å². The zero-order chi connectivity index (χ0) is 25.4. The van der Waals surface area contributed by atoms with Gasteiger partial charge < -0.3 is 14.4 Å². The molecule has 5 heterocycles. The summed E-state index contributed by atoms with van der Waals surface area (Å²) in [4.78, 5) is 26.5. The summed E-state index contributed by atoms with van der Waals surface area (Å²) in [7, 11) is 1.59. The monoisotopic (exact) mass is 498 g/mol. The minimum absolute atomic E-state index is 0.0878. The van der Waals surface area contributed by atoms with Gasteiger partial charge in [-0.2, -0.15) is 5.10 Å². The van der Waals surface area contributed by atoms with Crippen LogP contribution < -0.4 is 4.74 Å². The number of ether oxygens (including phenoxy) is 2. The summed E-state index contributed by atoms with van der Waals surface area (Å²) in [6.07, 6.45) is 5.31. The Morgan fingerprint density at radius 1 is 1.11 bits per heavy atom. The molecule has 1 aromatic carbocycles. The molecule has 0 saturated carbocycles. The van der Waals surface area contributed by atoms with Crippen molar-refractivity contribution in [3.05, 3.63) is 66.6 Å². The molecule has 3 atom stereocenters. The number of benzene rings is 1. The molecular formula is C28H30N6O3. The molecule has 3 aromatic heterocycles. The van der Waals surface area contributed by atoms with Gasteiger partial charge >= 0.3 is 0 Å². The fraction of sp³-hybridized carbons (Fsp3) is 0.357. The molecule has 2 unspecified atom stereocenters. The molecule has 2 aliphatic rings. The summed E-state index contributed by atoms with van der Waals surface area (Å²) in [5.74, 6) is 1.33. The molecular weight excluding hydrogens is 468 g/mol. The van der Waals surface area contributed by atoms with E-state index in [2.05, 4.69) is 32.2 Å². The Balaban J connectivity index is 1.12. The van der Waals surface area contributed by atoms with Gasteiger partial charge in [0.1, 0.15) is 11.9 Å². The molecule has 6 rings (SSSR count).